The van der Waals surface area contributed by atoms with Crippen LogP contribution in [0.25, 0.3) is 0 Å². The molecule has 0 bridgehead atoms. The molecule has 136 valence electrons. The highest BCUT2D eigenvalue weighted by atomic mass is 32.3. The van der Waals surface area contributed by atoms with Crippen molar-refractivity contribution in [2.75, 3.05) is 54.4 Å². The van der Waals surface area contributed by atoms with Gasteiger partial charge in [-0.15, -0.1) is 0 Å². The van der Waals surface area contributed by atoms with E-state index in [0.29, 0.717) is 0 Å². The lowest BCUT2D eigenvalue weighted by Crippen LogP contribution is -2.39. The van der Waals surface area contributed by atoms with Crippen LogP contribution in [0.3, 0.4) is 0 Å². The maximum atomic E-state index is 8.52. The highest BCUT2D eigenvalue weighted by molar-refractivity contribution is 7.79. The Morgan fingerprint density at radius 3 is 0.913 bits per heavy atom. The summed E-state index contributed by atoms with van der Waals surface area (Å²) in [5.41, 5.74) is 0. The summed E-state index contributed by atoms with van der Waals surface area (Å²) in [5.74, 6) is 0. The summed E-state index contributed by atoms with van der Waals surface area (Å²) in [7, 11) is 3.46. The van der Waals surface area contributed by atoms with Crippen molar-refractivity contribution in [2.45, 2.75) is 0 Å². The minimum Gasteiger partial charge on any atom is -0.759 e. The van der Waals surface area contributed by atoms with Gasteiger partial charge in [0.15, 0.2) is 0 Å². The predicted molar refractivity (Wildman–Crippen MR) is 94.9 cm³/mol. The summed E-state index contributed by atoms with van der Waals surface area (Å²) in [6.07, 6.45) is 7.74. The fourth-order valence-corrected chi connectivity index (χ4v) is 1.55. The van der Waals surface area contributed by atoms with Crippen LogP contribution in [-0.4, -0.2) is 80.9 Å². The largest absolute Gasteiger partial charge is 0.759 e. The number of nitrogens with zero attached hydrogens (tertiary/aromatic N) is 2. The van der Waals surface area contributed by atoms with Gasteiger partial charge in [0.25, 0.3) is 0 Å². The van der Waals surface area contributed by atoms with Gasteiger partial charge in [0.1, 0.15) is 0 Å². The molecule has 0 radical (unpaired) electrons. The second kappa shape index (κ2) is 13.2. The molecule has 7 heteroatoms. The van der Waals surface area contributed by atoms with Crippen molar-refractivity contribution in [3.63, 3.8) is 0 Å². The van der Waals surface area contributed by atoms with E-state index in [1.165, 1.54) is 0 Å². The monoisotopic (exact) mass is 348 g/mol. The third-order valence-corrected chi connectivity index (χ3v) is 2.49. The van der Waals surface area contributed by atoms with Crippen LogP contribution in [0, 0.1) is 0 Å². The molecule has 0 heterocycles. The number of hydrogen-bond donors (Lipinski definition) is 0. The Bertz CT molecular complexity index is 395. The first-order valence-corrected chi connectivity index (χ1v) is 8.32. The molecule has 6 nitrogen and oxygen atoms in total. The lowest BCUT2D eigenvalue weighted by molar-refractivity contribution is -0.878. The Balaban J connectivity index is -0.000000273. The molecular weight excluding hydrogens is 316 g/mol. The number of rotatable bonds is 8. The van der Waals surface area contributed by atoms with Gasteiger partial charge in [0, 0.05) is 10.4 Å². The summed E-state index contributed by atoms with van der Waals surface area (Å²) in [6, 6.07) is 0. The zero-order valence-electron chi connectivity index (χ0n) is 14.9. The van der Waals surface area contributed by atoms with Crippen LogP contribution in [-0.2, 0) is 10.4 Å². The Kier molecular flexibility index (Phi) is 15.3. The molecule has 0 spiro atoms. The molecule has 0 aliphatic heterocycles. The highest BCUT2D eigenvalue weighted by Crippen LogP contribution is 1.95. The van der Waals surface area contributed by atoms with Gasteiger partial charge in [-0.05, 0) is 24.3 Å². The van der Waals surface area contributed by atoms with Gasteiger partial charge in [-0.25, -0.2) is 0 Å². The van der Waals surface area contributed by atoms with E-state index in [4.69, 9.17) is 17.5 Å². The van der Waals surface area contributed by atoms with Crippen LogP contribution in [0.5, 0.6) is 0 Å². The molecule has 0 aromatic carbocycles. The van der Waals surface area contributed by atoms with Crippen molar-refractivity contribution in [1.29, 1.82) is 0 Å². The Morgan fingerprint density at radius 1 is 0.696 bits per heavy atom. The maximum absolute atomic E-state index is 8.52. The summed E-state index contributed by atoms with van der Waals surface area (Å²) in [5, 5.41) is 0. The summed E-state index contributed by atoms with van der Waals surface area (Å²) >= 11 is 0. The Hall–Kier alpha value is -1.25. The molecule has 0 saturated heterocycles. The zero-order chi connectivity index (χ0) is 19.2. The third kappa shape index (κ3) is 33.5. The zero-order valence-corrected chi connectivity index (χ0v) is 15.7. The molecule has 0 fully saturated rings. The van der Waals surface area contributed by atoms with Crippen molar-refractivity contribution in [1.82, 2.24) is 0 Å². The molecule has 0 saturated carbocycles. The average molecular weight is 349 g/mol. The third-order valence-electron chi connectivity index (χ3n) is 2.49. The standard InChI is InChI=1S/2C8H16N.H2O4S/c2*1-5-7-9(3,4)8-6-2;1-5(2,3)4/h2*5-6H,1-2,7-8H2,3-4H3;(H2,1,2,3,4)/q2*+1;/p-2. The van der Waals surface area contributed by atoms with Crippen molar-refractivity contribution in [2.24, 2.45) is 0 Å². The van der Waals surface area contributed by atoms with Gasteiger partial charge in [-0.1, -0.05) is 26.3 Å². The lowest BCUT2D eigenvalue weighted by atomic mass is 10.4. The van der Waals surface area contributed by atoms with Crippen LogP contribution >= 0.6 is 0 Å². The van der Waals surface area contributed by atoms with Gasteiger partial charge >= 0.3 is 0 Å². The fourth-order valence-electron chi connectivity index (χ4n) is 1.55. The van der Waals surface area contributed by atoms with Crippen LogP contribution in [0.2, 0.25) is 0 Å². The Labute approximate surface area is 142 Å². The molecule has 0 aliphatic rings. The second-order valence-corrected chi connectivity index (χ2v) is 6.98. The van der Waals surface area contributed by atoms with E-state index in [1.807, 2.05) is 24.3 Å². The van der Waals surface area contributed by atoms with Crippen molar-refractivity contribution >= 4 is 10.4 Å². The predicted octanol–water partition coefficient (Wildman–Crippen LogP) is 1.53. The van der Waals surface area contributed by atoms with E-state index >= 15 is 0 Å². The number of hydrogen-bond acceptors (Lipinski definition) is 4. The van der Waals surface area contributed by atoms with E-state index in [0.717, 1.165) is 35.1 Å². The molecule has 23 heavy (non-hydrogen) atoms. The molecule has 0 rings (SSSR count). The number of quaternary nitrogens is 2. The topological polar surface area (TPSA) is 80.3 Å². The summed E-state index contributed by atoms with van der Waals surface area (Å²) < 4.78 is 36.0. The van der Waals surface area contributed by atoms with Crippen molar-refractivity contribution in [3.05, 3.63) is 50.6 Å². The molecular formula is C16H32N2O4S. The smallest absolute Gasteiger partial charge is 0.0969 e. The molecule has 0 aromatic heterocycles. The normalized spacial score (nSPS) is 11.0. The molecule has 0 aromatic rings. The lowest BCUT2D eigenvalue weighted by Gasteiger charge is -2.26. The van der Waals surface area contributed by atoms with Crippen LogP contribution in [0.4, 0.5) is 0 Å². The van der Waals surface area contributed by atoms with Crippen LogP contribution < -0.4 is 0 Å². The van der Waals surface area contributed by atoms with Gasteiger partial charge in [-0.3, -0.25) is 8.42 Å². The minimum absolute atomic E-state index is 0.951. The fraction of sp³-hybridized carbons (Fsp3) is 0.500. The molecule has 0 amide bonds. The van der Waals surface area contributed by atoms with E-state index in [2.05, 4.69) is 54.5 Å². The summed E-state index contributed by atoms with van der Waals surface area (Å²) in [4.78, 5) is 0. The van der Waals surface area contributed by atoms with Crippen LogP contribution in [0.1, 0.15) is 0 Å². The van der Waals surface area contributed by atoms with E-state index in [-0.39, 0.29) is 0 Å². The molecule has 0 unspecified atom stereocenters. The number of likely N-dealkylation sites (N-methyl/N-ethyl adjacent to an activating group) is 2. The van der Waals surface area contributed by atoms with Gasteiger partial charge in [0.2, 0.25) is 0 Å². The first-order valence-electron chi connectivity index (χ1n) is 6.99. The van der Waals surface area contributed by atoms with Crippen molar-refractivity contribution < 1.29 is 26.5 Å². The maximum Gasteiger partial charge on any atom is 0.0969 e. The van der Waals surface area contributed by atoms with Gasteiger partial charge < -0.3 is 18.1 Å². The SMILES string of the molecule is C=CC[N+](C)(C)CC=C.C=CC[N+](C)(C)CC=C.O=S(=O)([O-])[O-]. The minimum atomic E-state index is -5.17. The first-order chi connectivity index (χ1) is 10.2. The van der Waals surface area contributed by atoms with Crippen LogP contribution in [0.15, 0.2) is 50.6 Å². The van der Waals surface area contributed by atoms with E-state index in [9.17, 15) is 0 Å². The van der Waals surface area contributed by atoms with E-state index in [1.54, 1.807) is 0 Å². The highest BCUT2D eigenvalue weighted by Gasteiger charge is 2.08. The molecule has 0 N–H and O–H groups in total. The van der Waals surface area contributed by atoms with Gasteiger partial charge in [-0.2, -0.15) is 0 Å². The quantitative estimate of drug-likeness (QED) is 0.288. The Morgan fingerprint density at radius 2 is 0.826 bits per heavy atom. The second-order valence-electron chi connectivity index (χ2n) is 6.16. The summed E-state index contributed by atoms with van der Waals surface area (Å²) in [6.45, 7) is 18.7. The first kappa shape index (κ1) is 26.6. The molecule has 0 atom stereocenters. The van der Waals surface area contributed by atoms with Crippen molar-refractivity contribution in [3.8, 4) is 0 Å². The van der Waals surface area contributed by atoms with E-state index < -0.39 is 10.4 Å². The molecule has 0 aliphatic carbocycles. The van der Waals surface area contributed by atoms with Gasteiger partial charge in [0.05, 0.1) is 54.4 Å². The average Bonchev–Trinajstić information content (AvgIpc) is 2.26.